The zero-order valence-electron chi connectivity index (χ0n) is 13.2. The number of anilines is 1. The molecular weight excluding hydrogens is 330 g/mol. The van der Waals surface area contributed by atoms with E-state index in [1.54, 1.807) is 0 Å². The highest BCUT2D eigenvalue weighted by Crippen LogP contribution is 2.31. The molecule has 0 spiro atoms. The lowest BCUT2D eigenvalue weighted by Crippen LogP contribution is -2.47. The number of nitrogens with two attached hydrogens (primary N) is 2. The van der Waals surface area contributed by atoms with Crippen molar-refractivity contribution in [1.29, 1.82) is 0 Å². The molecule has 2 atom stereocenters. The van der Waals surface area contributed by atoms with Crippen LogP contribution in [0, 0.1) is 0 Å². The van der Waals surface area contributed by atoms with Crippen LogP contribution in [0.5, 0.6) is 0 Å². The molecule has 2 aliphatic heterocycles. The minimum absolute atomic E-state index is 0.0789. The zero-order chi connectivity index (χ0) is 17.3. The second-order valence-electron chi connectivity index (χ2n) is 6.09. The second kappa shape index (κ2) is 6.90. The third-order valence-corrected chi connectivity index (χ3v) is 6.04. The van der Waals surface area contributed by atoms with Crippen LogP contribution in [0.3, 0.4) is 0 Å². The lowest BCUT2D eigenvalue weighted by molar-refractivity contribution is -0.125. The van der Waals surface area contributed by atoms with Gasteiger partial charge in [-0.1, -0.05) is 12.1 Å². The molecule has 2 saturated heterocycles. The number of rotatable bonds is 4. The Balaban J connectivity index is 1.78. The maximum absolute atomic E-state index is 12.1. The summed E-state index contributed by atoms with van der Waals surface area (Å²) in [7, 11) is -0.687. The summed E-state index contributed by atoms with van der Waals surface area (Å²) in [4.78, 5) is 24.9. The van der Waals surface area contributed by atoms with Crippen LogP contribution in [0.4, 0.5) is 10.5 Å². The molecule has 1 aromatic rings. The normalized spacial score (nSPS) is 30.2. The van der Waals surface area contributed by atoms with E-state index in [1.807, 2.05) is 24.3 Å². The molecule has 0 saturated carbocycles. The molecule has 2 aliphatic rings. The van der Waals surface area contributed by atoms with E-state index in [4.69, 9.17) is 16.2 Å². The fourth-order valence-electron chi connectivity index (χ4n) is 3.32. The van der Waals surface area contributed by atoms with E-state index in [0.29, 0.717) is 11.6 Å². The van der Waals surface area contributed by atoms with E-state index in [9.17, 15) is 13.8 Å². The number of cyclic esters (lactones) is 1. The highest BCUT2D eigenvalue weighted by Gasteiger charge is 2.45. The number of benzene rings is 1. The highest BCUT2D eigenvalue weighted by atomic mass is 32.2. The zero-order valence-corrected chi connectivity index (χ0v) is 14.0. The Hall–Kier alpha value is -1.93. The summed E-state index contributed by atoms with van der Waals surface area (Å²) in [6, 6.07) is 6.99. The van der Waals surface area contributed by atoms with Gasteiger partial charge in [0.25, 0.3) is 5.91 Å². The quantitative estimate of drug-likeness (QED) is 0.817. The van der Waals surface area contributed by atoms with Crippen LogP contribution >= 0.6 is 0 Å². The van der Waals surface area contributed by atoms with Gasteiger partial charge in [0.15, 0.2) is 0 Å². The largest absolute Gasteiger partial charge is 0.433 e. The van der Waals surface area contributed by atoms with Crippen molar-refractivity contribution in [2.45, 2.75) is 30.9 Å². The van der Waals surface area contributed by atoms with E-state index in [0.717, 1.165) is 24.3 Å². The van der Waals surface area contributed by atoms with E-state index in [2.05, 4.69) is 0 Å². The third kappa shape index (κ3) is 3.16. The topological polar surface area (TPSA) is 116 Å². The van der Waals surface area contributed by atoms with E-state index in [1.165, 1.54) is 10.5 Å². The predicted octanol–water partition coefficient (Wildman–Crippen LogP) is 0.451. The van der Waals surface area contributed by atoms with Gasteiger partial charge in [0, 0.05) is 34.5 Å². The monoisotopic (exact) mass is 351 g/mol. The molecule has 2 heterocycles. The average Bonchev–Trinajstić information content (AvgIpc) is 2.92. The Labute approximate surface area is 142 Å². The SMILES string of the molecule is NCC1C(C(N)=O)OC(=O)N1c1ccc(C2CCS(=O)CC2)cc1. The van der Waals surface area contributed by atoms with E-state index < -0.39 is 34.9 Å². The number of hydrogen-bond donors (Lipinski definition) is 2. The molecular formula is C16H21N3O4S. The van der Waals surface area contributed by atoms with Crippen molar-refractivity contribution in [2.24, 2.45) is 11.5 Å². The van der Waals surface area contributed by atoms with Crippen LogP contribution in [0.2, 0.25) is 0 Å². The van der Waals surface area contributed by atoms with Gasteiger partial charge in [0.05, 0.1) is 6.04 Å². The number of amides is 2. The molecule has 2 unspecified atom stereocenters. The molecule has 4 N–H and O–H groups in total. The van der Waals surface area contributed by atoms with Gasteiger partial charge in [-0.2, -0.15) is 0 Å². The maximum atomic E-state index is 12.1. The van der Waals surface area contributed by atoms with Gasteiger partial charge in [0.1, 0.15) is 0 Å². The Kier molecular flexibility index (Phi) is 4.86. The van der Waals surface area contributed by atoms with Crippen molar-refractivity contribution >= 4 is 28.5 Å². The molecule has 3 rings (SSSR count). The molecule has 130 valence electrons. The van der Waals surface area contributed by atoms with E-state index >= 15 is 0 Å². The van der Waals surface area contributed by atoms with Gasteiger partial charge in [-0.05, 0) is 36.5 Å². The first-order chi connectivity index (χ1) is 11.5. The summed E-state index contributed by atoms with van der Waals surface area (Å²) in [5.74, 6) is 1.17. The smallest absolute Gasteiger partial charge is 0.415 e. The molecule has 1 aromatic carbocycles. The number of carbonyl (C=O) groups excluding carboxylic acids is 2. The summed E-state index contributed by atoms with van der Waals surface area (Å²) in [6.07, 6.45) is 0.172. The Morgan fingerprint density at radius 1 is 1.25 bits per heavy atom. The highest BCUT2D eigenvalue weighted by molar-refractivity contribution is 7.85. The van der Waals surface area contributed by atoms with Crippen LogP contribution < -0.4 is 16.4 Å². The molecule has 0 bridgehead atoms. The van der Waals surface area contributed by atoms with Crippen molar-refractivity contribution in [1.82, 2.24) is 0 Å². The average molecular weight is 351 g/mol. The minimum Gasteiger partial charge on any atom is -0.433 e. The van der Waals surface area contributed by atoms with Gasteiger partial charge < -0.3 is 16.2 Å². The van der Waals surface area contributed by atoms with Gasteiger partial charge in [-0.15, -0.1) is 0 Å². The summed E-state index contributed by atoms with van der Waals surface area (Å²) < 4.78 is 16.5. The third-order valence-electron chi connectivity index (χ3n) is 4.66. The van der Waals surface area contributed by atoms with Crippen LogP contribution in [0.1, 0.15) is 24.3 Å². The van der Waals surface area contributed by atoms with E-state index in [-0.39, 0.29) is 6.54 Å². The number of hydrogen-bond acceptors (Lipinski definition) is 5. The first-order valence-electron chi connectivity index (χ1n) is 7.95. The number of carbonyl (C=O) groups is 2. The molecule has 0 radical (unpaired) electrons. The Morgan fingerprint density at radius 2 is 1.88 bits per heavy atom. The summed E-state index contributed by atoms with van der Waals surface area (Å²) in [5.41, 5.74) is 12.8. The lowest BCUT2D eigenvalue weighted by Gasteiger charge is -2.24. The Morgan fingerprint density at radius 3 is 2.42 bits per heavy atom. The fraction of sp³-hybridized carbons (Fsp3) is 0.500. The van der Waals surface area contributed by atoms with Crippen LogP contribution in [-0.2, 0) is 20.3 Å². The molecule has 2 fully saturated rings. The molecule has 0 aliphatic carbocycles. The van der Waals surface area contributed by atoms with Gasteiger partial charge in [0.2, 0.25) is 6.10 Å². The number of ether oxygens (including phenoxy) is 1. The van der Waals surface area contributed by atoms with Crippen molar-refractivity contribution < 1.29 is 18.5 Å². The molecule has 7 nitrogen and oxygen atoms in total. The predicted molar refractivity (Wildman–Crippen MR) is 91.1 cm³/mol. The lowest BCUT2D eigenvalue weighted by atomic mass is 9.93. The Bertz CT molecular complexity index is 654. The van der Waals surface area contributed by atoms with Crippen molar-refractivity contribution in [3.8, 4) is 0 Å². The fourth-order valence-corrected chi connectivity index (χ4v) is 4.62. The van der Waals surface area contributed by atoms with Crippen LogP contribution in [-0.4, -0.2) is 46.4 Å². The first-order valence-corrected chi connectivity index (χ1v) is 9.44. The van der Waals surface area contributed by atoms with Crippen molar-refractivity contribution in [3.63, 3.8) is 0 Å². The number of primary amides is 1. The van der Waals surface area contributed by atoms with Gasteiger partial charge in [-0.3, -0.25) is 13.9 Å². The van der Waals surface area contributed by atoms with Crippen LogP contribution in [0.15, 0.2) is 24.3 Å². The molecule has 0 aromatic heterocycles. The second-order valence-corrected chi connectivity index (χ2v) is 7.79. The first kappa shape index (κ1) is 16.9. The molecule has 2 amide bonds. The number of nitrogens with zero attached hydrogens (tertiary/aromatic N) is 1. The summed E-state index contributed by atoms with van der Waals surface area (Å²) >= 11 is 0. The molecule has 24 heavy (non-hydrogen) atoms. The van der Waals surface area contributed by atoms with Gasteiger partial charge >= 0.3 is 6.09 Å². The van der Waals surface area contributed by atoms with Gasteiger partial charge in [-0.25, -0.2) is 4.79 Å². The van der Waals surface area contributed by atoms with Crippen LogP contribution in [0.25, 0.3) is 0 Å². The van der Waals surface area contributed by atoms with Crippen molar-refractivity contribution in [3.05, 3.63) is 29.8 Å². The summed E-state index contributed by atoms with van der Waals surface area (Å²) in [6.45, 7) is 0.0789. The van der Waals surface area contributed by atoms with Crippen molar-refractivity contribution in [2.75, 3.05) is 23.0 Å². The summed E-state index contributed by atoms with van der Waals surface area (Å²) in [5, 5.41) is 0. The molecule has 8 heteroatoms. The minimum atomic E-state index is -1.03. The maximum Gasteiger partial charge on any atom is 0.415 e. The standard InChI is InChI=1S/C16H21N3O4S/c17-9-13-14(15(18)20)23-16(21)19(13)12-3-1-10(2-4-12)11-5-7-24(22)8-6-11/h1-4,11,13-14H,5-9,17H2,(H2,18,20).